The zero-order valence-electron chi connectivity index (χ0n) is 15.8. The number of benzene rings is 1. The molecule has 8 nitrogen and oxygen atoms in total. The molecule has 0 radical (unpaired) electrons. The smallest absolute Gasteiger partial charge is 0.358 e. The second-order valence-electron chi connectivity index (χ2n) is 6.65. The van der Waals surface area contributed by atoms with E-state index in [-0.39, 0.29) is 5.92 Å². The molecule has 0 amide bonds. The summed E-state index contributed by atoms with van der Waals surface area (Å²) in [4.78, 5) is 16.7. The van der Waals surface area contributed by atoms with Crippen LogP contribution in [-0.2, 0) is 11.3 Å². The number of ether oxygens (including phenoxy) is 2. The normalized spacial score (nSPS) is 12.2. The molecular formula is C19H21N5O3. The van der Waals surface area contributed by atoms with Gasteiger partial charge in [0.15, 0.2) is 5.69 Å². The third kappa shape index (κ3) is 2.68. The van der Waals surface area contributed by atoms with Crippen molar-refractivity contribution in [2.75, 3.05) is 13.7 Å². The van der Waals surface area contributed by atoms with Crippen molar-refractivity contribution in [2.24, 2.45) is 0 Å². The van der Waals surface area contributed by atoms with Crippen molar-refractivity contribution in [3.8, 4) is 22.7 Å². The van der Waals surface area contributed by atoms with Crippen molar-refractivity contribution in [3.05, 3.63) is 41.6 Å². The fourth-order valence-electron chi connectivity index (χ4n) is 3.39. The topological polar surface area (TPSA) is 84.1 Å². The minimum atomic E-state index is -0.436. The van der Waals surface area contributed by atoms with E-state index < -0.39 is 5.97 Å². The molecule has 1 aromatic carbocycles. The molecule has 0 unspecified atom stereocenters. The summed E-state index contributed by atoms with van der Waals surface area (Å²) in [7, 11) is 1.64. The molecule has 0 N–H and O–H groups in total. The molecule has 4 rings (SSSR count). The van der Waals surface area contributed by atoms with E-state index in [1.165, 1.54) is 0 Å². The van der Waals surface area contributed by atoms with Crippen molar-refractivity contribution in [3.63, 3.8) is 0 Å². The van der Waals surface area contributed by atoms with E-state index in [0.717, 1.165) is 34.1 Å². The van der Waals surface area contributed by atoms with Crippen molar-refractivity contribution in [1.29, 1.82) is 0 Å². The maximum Gasteiger partial charge on any atom is 0.358 e. The first-order chi connectivity index (χ1) is 13.0. The van der Waals surface area contributed by atoms with E-state index in [2.05, 4.69) is 29.1 Å². The van der Waals surface area contributed by atoms with Crippen LogP contribution in [0.3, 0.4) is 0 Å². The molecule has 27 heavy (non-hydrogen) atoms. The van der Waals surface area contributed by atoms with Crippen LogP contribution in [0.25, 0.3) is 16.9 Å². The van der Waals surface area contributed by atoms with Gasteiger partial charge in [0.1, 0.15) is 12.1 Å². The summed E-state index contributed by atoms with van der Waals surface area (Å²) in [6.45, 7) is 6.62. The van der Waals surface area contributed by atoms with Gasteiger partial charge in [0.05, 0.1) is 43.0 Å². The Morgan fingerprint density at radius 3 is 2.85 bits per heavy atom. The average molecular weight is 367 g/mol. The van der Waals surface area contributed by atoms with Crippen molar-refractivity contribution < 1.29 is 14.3 Å². The lowest BCUT2D eigenvalue weighted by Crippen LogP contribution is -2.12. The SMILES string of the molecule is CCOC(=O)c1ncn2c1Cn1nnc(C(C)C)c1-c1cc(OC)ccc1-2. The highest BCUT2D eigenvalue weighted by atomic mass is 16.5. The van der Waals surface area contributed by atoms with Crippen LogP contribution >= 0.6 is 0 Å². The molecule has 0 saturated heterocycles. The molecule has 0 spiro atoms. The van der Waals surface area contributed by atoms with E-state index in [1.54, 1.807) is 20.4 Å². The van der Waals surface area contributed by atoms with Crippen LogP contribution in [0.2, 0.25) is 0 Å². The third-order valence-electron chi connectivity index (χ3n) is 4.66. The summed E-state index contributed by atoms with van der Waals surface area (Å²) >= 11 is 0. The van der Waals surface area contributed by atoms with Crippen LogP contribution in [0.1, 0.15) is 48.6 Å². The Balaban J connectivity index is 1.99. The Hall–Kier alpha value is -3.16. The van der Waals surface area contributed by atoms with Gasteiger partial charge in [-0.15, -0.1) is 5.10 Å². The minimum absolute atomic E-state index is 0.202. The molecule has 3 aromatic rings. The first-order valence-corrected chi connectivity index (χ1v) is 8.90. The first kappa shape index (κ1) is 17.3. The number of esters is 1. The monoisotopic (exact) mass is 367 g/mol. The molecule has 140 valence electrons. The number of nitrogens with zero attached hydrogens (tertiary/aromatic N) is 5. The van der Waals surface area contributed by atoms with Gasteiger partial charge in [-0.25, -0.2) is 14.5 Å². The van der Waals surface area contributed by atoms with E-state index in [9.17, 15) is 4.79 Å². The van der Waals surface area contributed by atoms with Gasteiger partial charge < -0.3 is 9.47 Å². The van der Waals surface area contributed by atoms with Gasteiger partial charge in [0, 0.05) is 5.56 Å². The van der Waals surface area contributed by atoms with Gasteiger partial charge in [-0.1, -0.05) is 19.1 Å². The molecule has 0 saturated carbocycles. The van der Waals surface area contributed by atoms with Gasteiger partial charge in [-0.3, -0.25) is 4.57 Å². The van der Waals surface area contributed by atoms with Crippen LogP contribution in [0.5, 0.6) is 5.75 Å². The molecule has 2 aromatic heterocycles. The molecule has 3 heterocycles. The number of carbonyl (C=O) groups is 1. The molecule has 1 aliphatic rings. The van der Waals surface area contributed by atoms with Crippen LogP contribution in [0.15, 0.2) is 24.5 Å². The lowest BCUT2D eigenvalue weighted by Gasteiger charge is -2.12. The second-order valence-corrected chi connectivity index (χ2v) is 6.65. The predicted octanol–water partition coefficient (Wildman–Crippen LogP) is 2.80. The second kappa shape index (κ2) is 6.53. The van der Waals surface area contributed by atoms with Gasteiger partial charge in [0.25, 0.3) is 0 Å². The number of aromatic nitrogens is 5. The fraction of sp³-hybridized carbons (Fsp3) is 0.368. The first-order valence-electron chi connectivity index (χ1n) is 8.90. The molecule has 0 bridgehead atoms. The zero-order chi connectivity index (χ0) is 19.1. The highest BCUT2D eigenvalue weighted by Gasteiger charge is 2.29. The maximum absolute atomic E-state index is 12.4. The largest absolute Gasteiger partial charge is 0.497 e. The predicted molar refractivity (Wildman–Crippen MR) is 98.3 cm³/mol. The van der Waals surface area contributed by atoms with E-state index >= 15 is 0 Å². The van der Waals surface area contributed by atoms with Gasteiger partial charge in [-0.05, 0) is 31.0 Å². The molecular weight excluding hydrogens is 346 g/mol. The molecule has 1 aliphatic heterocycles. The highest BCUT2D eigenvalue weighted by molar-refractivity contribution is 5.89. The Morgan fingerprint density at radius 2 is 2.15 bits per heavy atom. The molecule has 0 atom stereocenters. The summed E-state index contributed by atoms with van der Waals surface area (Å²) in [5.41, 5.74) is 4.69. The van der Waals surface area contributed by atoms with Crippen molar-refractivity contribution in [1.82, 2.24) is 24.5 Å². The lowest BCUT2D eigenvalue weighted by atomic mass is 10.0. The molecule has 8 heteroatoms. The Morgan fingerprint density at radius 1 is 1.33 bits per heavy atom. The van der Waals surface area contributed by atoms with Crippen LogP contribution in [-0.4, -0.2) is 44.2 Å². The number of imidazole rings is 1. The Labute approximate surface area is 156 Å². The number of fused-ring (bicyclic) bond motifs is 5. The number of methoxy groups -OCH3 is 1. The average Bonchev–Trinajstić information content (AvgIpc) is 3.23. The summed E-state index contributed by atoms with van der Waals surface area (Å²) in [6.07, 6.45) is 1.65. The third-order valence-corrected chi connectivity index (χ3v) is 4.66. The summed E-state index contributed by atoms with van der Waals surface area (Å²) in [5.74, 6) is 0.507. The van der Waals surface area contributed by atoms with Gasteiger partial charge in [0.2, 0.25) is 0 Å². The summed E-state index contributed by atoms with van der Waals surface area (Å²) < 4.78 is 14.3. The van der Waals surface area contributed by atoms with Gasteiger partial charge in [-0.2, -0.15) is 0 Å². The number of hydrogen-bond acceptors (Lipinski definition) is 6. The number of hydrogen-bond donors (Lipinski definition) is 0. The van der Waals surface area contributed by atoms with Crippen LogP contribution in [0.4, 0.5) is 0 Å². The van der Waals surface area contributed by atoms with Crippen molar-refractivity contribution >= 4 is 5.97 Å². The Kier molecular flexibility index (Phi) is 4.18. The van der Waals surface area contributed by atoms with E-state index in [4.69, 9.17) is 9.47 Å². The van der Waals surface area contributed by atoms with Crippen LogP contribution in [0, 0.1) is 0 Å². The van der Waals surface area contributed by atoms with Crippen LogP contribution < -0.4 is 4.74 Å². The van der Waals surface area contributed by atoms with E-state index in [1.807, 2.05) is 27.4 Å². The summed E-state index contributed by atoms with van der Waals surface area (Å²) in [6, 6.07) is 5.82. The minimum Gasteiger partial charge on any atom is -0.497 e. The van der Waals surface area contributed by atoms with Crippen molar-refractivity contribution in [2.45, 2.75) is 33.2 Å². The van der Waals surface area contributed by atoms with E-state index in [0.29, 0.717) is 18.8 Å². The fourth-order valence-corrected chi connectivity index (χ4v) is 3.39. The quantitative estimate of drug-likeness (QED) is 0.516. The zero-order valence-corrected chi connectivity index (χ0v) is 15.8. The number of rotatable bonds is 4. The Bertz CT molecular complexity index is 1020. The number of carbonyl (C=O) groups excluding carboxylic acids is 1. The standard InChI is InChI=1S/C19H21N5O3/c1-5-27-19(25)17-15-9-24-18(16(11(2)3)21-22-24)13-8-12(26-4)6-7-14(13)23(15)10-20-17/h6-8,10-11H,5,9H2,1-4H3. The van der Waals surface area contributed by atoms with Gasteiger partial charge >= 0.3 is 5.97 Å². The molecule has 0 aliphatic carbocycles. The highest BCUT2D eigenvalue weighted by Crippen LogP contribution is 2.38. The maximum atomic E-state index is 12.4. The summed E-state index contributed by atoms with van der Waals surface area (Å²) in [5, 5.41) is 8.74. The lowest BCUT2D eigenvalue weighted by molar-refractivity contribution is 0.0518. The molecule has 0 fully saturated rings.